The summed E-state index contributed by atoms with van der Waals surface area (Å²) in [6, 6.07) is 9.30. The molecule has 0 bridgehead atoms. The molecule has 1 nitrogen and oxygen atoms in total. The molecule has 0 aromatic heterocycles. The second-order valence-corrected chi connectivity index (χ2v) is 6.06. The van der Waals surface area contributed by atoms with E-state index in [-0.39, 0.29) is 0 Å². The monoisotopic (exact) mass is 261 g/mol. The summed E-state index contributed by atoms with van der Waals surface area (Å²) in [6.07, 6.45) is 8.85. The largest absolute Gasteiger partial charge is 0.327 e. The number of benzene rings is 1. The normalized spacial score (nSPS) is 12.9. The number of nitrogens with two attached hydrogens (primary N) is 1. The first-order valence-corrected chi connectivity index (χ1v) is 7.98. The maximum atomic E-state index is 6.22. The van der Waals surface area contributed by atoms with Gasteiger partial charge < -0.3 is 5.73 Å². The maximum Gasteiger partial charge on any atom is 0.00793 e. The lowest BCUT2D eigenvalue weighted by Crippen LogP contribution is -2.22. The van der Waals surface area contributed by atoms with Gasteiger partial charge in [-0.3, -0.25) is 0 Å². The molecule has 1 unspecified atom stereocenters. The Balaban J connectivity index is 2.26. The van der Waals surface area contributed by atoms with Crippen molar-refractivity contribution in [2.75, 3.05) is 0 Å². The van der Waals surface area contributed by atoms with Crippen LogP contribution in [0.5, 0.6) is 0 Å². The van der Waals surface area contributed by atoms with E-state index in [1.165, 1.54) is 43.2 Å². The Morgan fingerprint density at radius 2 is 1.58 bits per heavy atom. The molecule has 2 N–H and O–H groups in total. The van der Waals surface area contributed by atoms with Crippen LogP contribution in [0.1, 0.15) is 76.3 Å². The van der Waals surface area contributed by atoms with Crippen LogP contribution in [-0.4, -0.2) is 6.04 Å². The zero-order chi connectivity index (χ0) is 14.1. The number of rotatable bonds is 9. The molecule has 0 spiro atoms. The van der Waals surface area contributed by atoms with Crippen molar-refractivity contribution in [2.24, 2.45) is 5.73 Å². The molecule has 0 heterocycles. The maximum absolute atomic E-state index is 6.22. The van der Waals surface area contributed by atoms with E-state index >= 15 is 0 Å². The molecule has 1 heteroatoms. The number of unbranched alkanes of at least 4 members (excludes halogenated alkanes) is 4. The Morgan fingerprint density at radius 3 is 2.16 bits per heavy atom. The van der Waals surface area contributed by atoms with E-state index in [1.54, 1.807) is 0 Å². The van der Waals surface area contributed by atoms with E-state index in [0.717, 1.165) is 12.8 Å². The smallest absolute Gasteiger partial charge is 0.00793 e. The molecule has 0 aliphatic rings. The highest BCUT2D eigenvalue weighted by Gasteiger charge is 2.05. The van der Waals surface area contributed by atoms with E-state index in [1.807, 2.05) is 0 Å². The van der Waals surface area contributed by atoms with Crippen molar-refractivity contribution in [3.05, 3.63) is 35.4 Å². The predicted octanol–water partition coefficient (Wildman–Crippen LogP) is 5.04. The fraction of sp³-hybridized carbons (Fsp3) is 0.667. The van der Waals surface area contributed by atoms with E-state index in [2.05, 4.69) is 45.0 Å². The molecule has 0 aliphatic carbocycles. The van der Waals surface area contributed by atoms with Gasteiger partial charge in [-0.05, 0) is 29.9 Å². The minimum absolute atomic E-state index is 0.325. The molecule has 1 rings (SSSR count). The third-order valence-corrected chi connectivity index (χ3v) is 3.82. The summed E-state index contributed by atoms with van der Waals surface area (Å²) < 4.78 is 0. The van der Waals surface area contributed by atoms with E-state index in [4.69, 9.17) is 5.73 Å². The molecular weight excluding hydrogens is 230 g/mol. The first kappa shape index (κ1) is 16.2. The SMILES string of the molecule is CCCCCCCC(N)Cc1ccc(C(C)C)cc1. The van der Waals surface area contributed by atoms with Crippen molar-refractivity contribution in [2.45, 2.75) is 77.7 Å². The molecule has 0 amide bonds. The second kappa shape index (κ2) is 9.14. The summed E-state index contributed by atoms with van der Waals surface area (Å²) >= 11 is 0. The summed E-state index contributed by atoms with van der Waals surface area (Å²) in [5, 5.41) is 0. The Morgan fingerprint density at radius 1 is 0.947 bits per heavy atom. The van der Waals surface area contributed by atoms with Crippen molar-refractivity contribution in [1.29, 1.82) is 0 Å². The van der Waals surface area contributed by atoms with Crippen LogP contribution in [0.2, 0.25) is 0 Å². The highest BCUT2D eigenvalue weighted by Crippen LogP contribution is 2.16. The first-order chi connectivity index (χ1) is 9.13. The zero-order valence-corrected chi connectivity index (χ0v) is 13.0. The summed E-state index contributed by atoms with van der Waals surface area (Å²) in [6.45, 7) is 6.72. The summed E-state index contributed by atoms with van der Waals surface area (Å²) in [7, 11) is 0. The van der Waals surface area contributed by atoms with Crippen molar-refractivity contribution in [1.82, 2.24) is 0 Å². The average Bonchev–Trinajstić information content (AvgIpc) is 2.39. The lowest BCUT2D eigenvalue weighted by atomic mass is 9.97. The summed E-state index contributed by atoms with van der Waals surface area (Å²) in [5.74, 6) is 0.612. The molecule has 0 aliphatic heterocycles. The van der Waals surface area contributed by atoms with Crippen LogP contribution in [0.4, 0.5) is 0 Å². The molecular formula is C18H31N. The van der Waals surface area contributed by atoms with Gasteiger partial charge in [0.05, 0.1) is 0 Å². The third-order valence-electron chi connectivity index (χ3n) is 3.82. The molecule has 19 heavy (non-hydrogen) atoms. The molecule has 1 aromatic carbocycles. The van der Waals surface area contributed by atoms with Gasteiger partial charge in [-0.2, -0.15) is 0 Å². The van der Waals surface area contributed by atoms with Crippen LogP contribution in [-0.2, 0) is 6.42 Å². The van der Waals surface area contributed by atoms with Gasteiger partial charge in [-0.15, -0.1) is 0 Å². The van der Waals surface area contributed by atoms with E-state index in [0.29, 0.717) is 12.0 Å². The molecule has 1 aromatic rings. The van der Waals surface area contributed by atoms with Crippen LogP contribution in [0.3, 0.4) is 0 Å². The molecule has 108 valence electrons. The minimum Gasteiger partial charge on any atom is -0.327 e. The predicted molar refractivity (Wildman–Crippen MR) is 85.6 cm³/mol. The highest BCUT2D eigenvalue weighted by atomic mass is 14.6. The summed E-state index contributed by atoms with van der Waals surface area (Å²) in [4.78, 5) is 0. The molecule has 1 atom stereocenters. The van der Waals surface area contributed by atoms with Gasteiger partial charge in [-0.25, -0.2) is 0 Å². The fourth-order valence-corrected chi connectivity index (χ4v) is 2.45. The Hall–Kier alpha value is -0.820. The average molecular weight is 261 g/mol. The first-order valence-electron chi connectivity index (χ1n) is 7.98. The van der Waals surface area contributed by atoms with E-state index in [9.17, 15) is 0 Å². The van der Waals surface area contributed by atoms with Crippen LogP contribution >= 0.6 is 0 Å². The Kier molecular flexibility index (Phi) is 7.81. The molecule has 0 radical (unpaired) electrons. The van der Waals surface area contributed by atoms with Gasteiger partial charge in [0.2, 0.25) is 0 Å². The van der Waals surface area contributed by atoms with Gasteiger partial charge in [0.15, 0.2) is 0 Å². The molecule has 0 fully saturated rings. The van der Waals surface area contributed by atoms with Gasteiger partial charge >= 0.3 is 0 Å². The van der Waals surface area contributed by atoms with Crippen LogP contribution < -0.4 is 5.73 Å². The van der Waals surface area contributed by atoms with Gasteiger partial charge in [0, 0.05) is 6.04 Å². The lowest BCUT2D eigenvalue weighted by molar-refractivity contribution is 0.538. The van der Waals surface area contributed by atoms with Crippen LogP contribution in [0.15, 0.2) is 24.3 Å². The zero-order valence-electron chi connectivity index (χ0n) is 13.0. The Bertz CT molecular complexity index is 326. The summed E-state index contributed by atoms with van der Waals surface area (Å²) in [5.41, 5.74) is 9.01. The van der Waals surface area contributed by atoms with Crippen LogP contribution in [0, 0.1) is 0 Å². The van der Waals surface area contributed by atoms with Gasteiger partial charge in [-0.1, -0.05) is 77.1 Å². The van der Waals surface area contributed by atoms with Crippen molar-refractivity contribution in [3.63, 3.8) is 0 Å². The van der Waals surface area contributed by atoms with Gasteiger partial charge in [0.1, 0.15) is 0 Å². The van der Waals surface area contributed by atoms with Gasteiger partial charge in [0.25, 0.3) is 0 Å². The topological polar surface area (TPSA) is 26.0 Å². The fourth-order valence-electron chi connectivity index (χ4n) is 2.45. The number of hydrogen-bond donors (Lipinski definition) is 1. The van der Waals surface area contributed by atoms with Crippen molar-refractivity contribution >= 4 is 0 Å². The standard InChI is InChI=1S/C18H31N/c1-4-5-6-7-8-9-18(19)14-16-10-12-17(13-11-16)15(2)3/h10-13,15,18H,4-9,14,19H2,1-3H3. The lowest BCUT2D eigenvalue weighted by Gasteiger charge is -2.12. The van der Waals surface area contributed by atoms with Crippen molar-refractivity contribution < 1.29 is 0 Å². The van der Waals surface area contributed by atoms with E-state index < -0.39 is 0 Å². The van der Waals surface area contributed by atoms with Crippen LogP contribution in [0.25, 0.3) is 0 Å². The molecule has 0 saturated heterocycles. The van der Waals surface area contributed by atoms with Crippen molar-refractivity contribution in [3.8, 4) is 0 Å². The third kappa shape index (κ3) is 6.77. The molecule has 0 saturated carbocycles. The Labute approximate surface area is 119 Å². The second-order valence-electron chi connectivity index (χ2n) is 6.06. The minimum atomic E-state index is 0.325. The number of hydrogen-bond acceptors (Lipinski definition) is 1. The quantitative estimate of drug-likeness (QED) is 0.619. The highest BCUT2D eigenvalue weighted by molar-refractivity contribution is 5.25.